The highest BCUT2D eigenvalue weighted by molar-refractivity contribution is 7.13. The molecule has 1 aliphatic rings. The number of nitrogens with one attached hydrogen (secondary N) is 2. The Labute approximate surface area is 222 Å². The lowest BCUT2D eigenvalue weighted by Crippen LogP contribution is -2.30. The summed E-state index contributed by atoms with van der Waals surface area (Å²) in [7, 11) is 1.61. The first-order valence-corrected chi connectivity index (χ1v) is 12.3. The Morgan fingerprint density at radius 3 is 2.61 bits per heavy atom. The Kier molecular flexibility index (Phi) is 7.72. The minimum absolute atomic E-state index is 0.0726. The predicted octanol–water partition coefficient (Wildman–Crippen LogP) is 4.53. The van der Waals surface area contributed by atoms with Gasteiger partial charge in [0.25, 0.3) is 17.7 Å². The Morgan fingerprint density at radius 1 is 1.21 bits per heavy atom. The van der Waals surface area contributed by atoms with E-state index in [1.54, 1.807) is 18.9 Å². The molecule has 4 rings (SSSR count). The molecule has 0 radical (unpaired) electrons. The predicted molar refractivity (Wildman–Crippen MR) is 128 cm³/mol. The van der Waals surface area contributed by atoms with E-state index in [1.165, 1.54) is 17.1 Å². The molecule has 4 heterocycles. The molecule has 0 bridgehead atoms. The number of aryl methyl sites for hydroxylation is 1. The van der Waals surface area contributed by atoms with E-state index in [0.717, 1.165) is 17.5 Å². The summed E-state index contributed by atoms with van der Waals surface area (Å²) in [6.07, 6.45) is -1.61. The van der Waals surface area contributed by atoms with Gasteiger partial charge < -0.3 is 10.6 Å². The number of likely N-dealkylation sites (tertiary alicyclic amines) is 1. The minimum atomic E-state index is -4.72. The van der Waals surface area contributed by atoms with Crippen LogP contribution in [-0.2, 0) is 19.8 Å². The summed E-state index contributed by atoms with van der Waals surface area (Å²) >= 11 is 6.48. The zero-order valence-corrected chi connectivity index (χ0v) is 21.5. The molecule has 1 saturated heterocycles. The molecule has 16 heteroatoms. The van der Waals surface area contributed by atoms with E-state index < -0.39 is 47.1 Å². The highest BCUT2D eigenvalue weighted by Crippen LogP contribution is 2.35. The van der Waals surface area contributed by atoms with Crippen molar-refractivity contribution in [2.45, 2.75) is 38.0 Å². The smallest absolute Gasteiger partial charge is 0.343 e. The Balaban J connectivity index is 1.41. The molecule has 3 aromatic heterocycles. The number of hydrogen-bond acceptors (Lipinski definition) is 7. The molecule has 38 heavy (non-hydrogen) atoms. The van der Waals surface area contributed by atoms with Crippen LogP contribution in [0.25, 0.3) is 0 Å². The van der Waals surface area contributed by atoms with Crippen LogP contribution in [-0.4, -0.2) is 55.5 Å². The Morgan fingerprint density at radius 2 is 1.95 bits per heavy atom. The van der Waals surface area contributed by atoms with Gasteiger partial charge in [-0.25, -0.2) is 18.7 Å². The summed E-state index contributed by atoms with van der Waals surface area (Å²) < 4.78 is 67.8. The van der Waals surface area contributed by atoms with Gasteiger partial charge >= 0.3 is 6.18 Å². The fourth-order valence-electron chi connectivity index (χ4n) is 3.82. The second-order valence-electron chi connectivity index (χ2n) is 8.70. The van der Waals surface area contributed by atoms with Gasteiger partial charge in [-0.05, 0) is 13.0 Å². The first kappa shape index (κ1) is 27.9. The molecule has 2 amide bonds. The molecule has 204 valence electrons. The van der Waals surface area contributed by atoms with Crippen LogP contribution < -0.4 is 10.6 Å². The molecular weight excluding hydrogens is 557 g/mol. The van der Waals surface area contributed by atoms with Crippen molar-refractivity contribution in [3.8, 4) is 0 Å². The van der Waals surface area contributed by atoms with Crippen LogP contribution in [0.2, 0.25) is 5.02 Å². The molecular formula is C22H21ClF5N7O2S. The van der Waals surface area contributed by atoms with Gasteiger partial charge in [0.05, 0.1) is 46.8 Å². The molecule has 9 nitrogen and oxygen atoms in total. The number of alkyl halides is 5. The van der Waals surface area contributed by atoms with Crippen molar-refractivity contribution >= 4 is 40.6 Å². The minimum Gasteiger partial charge on any atom is -0.343 e. The fraction of sp³-hybridized carbons (Fsp3) is 0.409. The van der Waals surface area contributed by atoms with E-state index in [4.69, 9.17) is 11.6 Å². The third kappa shape index (κ3) is 6.27. The molecule has 3 aromatic rings. The zero-order valence-electron chi connectivity index (χ0n) is 19.9. The lowest BCUT2D eigenvalue weighted by Gasteiger charge is -2.17. The second kappa shape index (κ2) is 10.5. The maximum atomic E-state index is 13.6. The van der Waals surface area contributed by atoms with E-state index >= 15 is 0 Å². The number of nitrogens with zero attached hydrogens (tertiary/aromatic N) is 5. The molecule has 0 aromatic carbocycles. The van der Waals surface area contributed by atoms with Crippen molar-refractivity contribution in [1.29, 1.82) is 0 Å². The van der Waals surface area contributed by atoms with Gasteiger partial charge in [-0.2, -0.15) is 18.3 Å². The number of hydrogen-bond donors (Lipinski definition) is 2. The van der Waals surface area contributed by atoms with Crippen LogP contribution in [0.5, 0.6) is 0 Å². The van der Waals surface area contributed by atoms with Crippen molar-refractivity contribution in [3.05, 3.63) is 56.4 Å². The standard InChI is InChI=1S/C22H21ClF5N7O2S/c1-11(32-18(36)12-6-31-34(2)15(12)9-35-4-3-21(24,25)10-35)20-30-8-16(38-20)19(37)33-17-5-13(22(26,27)28)14(23)7-29-17/h5-8,11H,3-4,9-10H2,1-2H3,(H,32,36)(H,29,33,37)/t11-/m1/s1. The first-order chi connectivity index (χ1) is 17.7. The summed E-state index contributed by atoms with van der Waals surface area (Å²) in [4.78, 5) is 34.9. The highest BCUT2D eigenvalue weighted by atomic mass is 35.5. The van der Waals surface area contributed by atoms with Crippen LogP contribution >= 0.6 is 22.9 Å². The number of pyridine rings is 1. The van der Waals surface area contributed by atoms with Crippen LogP contribution in [0.15, 0.2) is 24.7 Å². The Hall–Kier alpha value is -3.17. The topological polar surface area (TPSA) is 105 Å². The summed E-state index contributed by atoms with van der Waals surface area (Å²) in [6.45, 7) is 1.55. The Bertz CT molecular complexity index is 1360. The van der Waals surface area contributed by atoms with Crippen molar-refractivity contribution in [1.82, 2.24) is 30.0 Å². The van der Waals surface area contributed by atoms with Crippen molar-refractivity contribution < 1.29 is 31.5 Å². The third-order valence-electron chi connectivity index (χ3n) is 5.80. The van der Waals surface area contributed by atoms with E-state index in [9.17, 15) is 31.5 Å². The fourth-order valence-corrected chi connectivity index (χ4v) is 4.85. The van der Waals surface area contributed by atoms with Gasteiger partial charge in [0.1, 0.15) is 15.7 Å². The van der Waals surface area contributed by atoms with Crippen LogP contribution in [0.3, 0.4) is 0 Å². The summed E-state index contributed by atoms with van der Waals surface area (Å²) in [5.74, 6) is -4.36. The van der Waals surface area contributed by atoms with Gasteiger partial charge in [0, 0.05) is 32.8 Å². The molecule has 0 aliphatic carbocycles. The van der Waals surface area contributed by atoms with Gasteiger partial charge in [0.2, 0.25) is 0 Å². The molecule has 0 spiro atoms. The van der Waals surface area contributed by atoms with Gasteiger partial charge in [0.15, 0.2) is 0 Å². The summed E-state index contributed by atoms with van der Waals surface area (Å²) in [5.41, 5.74) is -0.447. The van der Waals surface area contributed by atoms with E-state index in [0.29, 0.717) is 16.8 Å². The number of anilines is 1. The van der Waals surface area contributed by atoms with Gasteiger partial charge in [-0.15, -0.1) is 11.3 Å². The number of aromatic nitrogens is 4. The van der Waals surface area contributed by atoms with Gasteiger partial charge in [-0.1, -0.05) is 11.6 Å². The number of carbonyl (C=O) groups excluding carboxylic acids is 2. The van der Waals surface area contributed by atoms with Crippen molar-refractivity contribution in [2.75, 3.05) is 18.4 Å². The average Bonchev–Trinajstić information content (AvgIpc) is 3.54. The molecule has 1 atom stereocenters. The highest BCUT2D eigenvalue weighted by Gasteiger charge is 2.39. The van der Waals surface area contributed by atoms with Crippen molar-refractivity contribution in [2.24, 2.45) is 7.05 Å². The van der Waals surface area contributed by atoms with Crippen LogP contribution in [0.1, 0.15) is 55.7 Å². The number of thiazole rings is 1. The molecule has 2 N–H and O–H groups in total. The van der Waals surface area contributed by atoms with E-state index in [1.807, 2.05) is 0 Å². The normalized spacial score (nSPS) is 16.4. The van der Waals surface area contributed by atoms with E-state index in [2.05, 4.69) is 25.7 Å². The molecule has 0 unspecified atom stereocenters. The molecule has 1 fully saturated rings. The monoisotopic (exact) mass is 577 g/mol. The average molecular weight is 578 g/mol. The first-order valence-electron chi connectivity index (χ1n) is 11.2. The summed E-state index contributed by atoms with van der Waals surface area (Å²) in [5, 5.41) is 8.85. The van der Waals surface area contributed by atoms with E-state index in [-0.39, 0.29) is 35.8 Å². The number of rotatable bonds is 7. The quantitative estimate of drug-likeness (QED) is 0.400. The molecule has 1 aliphatic heterocycles. The third-order valence-corrected chi connectivity index (χ3v) is 7.28. The van der Waals surface area contributed by atoms with Crippen LogP contribution in [0, 0.1) is 0 Å². The number of carbonyl (C=O) groups is 2. The number of halogens is 6. The SMILES string of the molecule is C[C@@H](NC(=O)c1cnn(C)c1CN1CCC(F)(F)C1)c1ncc(C(=O)Nc2cc(C(F)(F)F)c(Cl)cn2)s1. The lowest BCUT2D eigenvalue weighted by atomic mass is 10.2. The maximum absolute atomic E-state index is 13.6. The van der Waals surface area contributed by atoms with Gasteiger partial charge in [-0.3, -0.25) is 19.2 Å². The zero-order chi connectivity index (χ0) is 27.8. The lowest BCUT2D eigenvalue weighted by molar-refractivity contribution is -0.137. The van der Waals surface area contributed by atoms with Crippen molar-refractivity contribution in [3.63, 3.8) is 0 Å². The van der Waals surface area contributed by atoms with Crippen LogP contribution in [0.4, 0.5) is 27.8 Å². The maximum Gasteiger partial charge on any atom is 0.418 e. The summed E-state index contributed by atoms with van der Waals surface area (Å²) in [6, 6.07) is -0.0246. The number of amides is 2. The second-order valence-corrected chi connectivity index (χ2v) is 10.2. The largest absolute Gasteiger partial charge is 0.418 e. The molecule has 0 saturated carbocycles.